The first-order valence-corrected chi connectivity index (χ1v) is 9.85. The predicted octanol–water partition coefficient (Wildman–Crippen LogP) is 3.53. The van der Waals surface area contributed by atoms with E-state index in [0.717, 1.165) is 22.2 Å². The first-order valence-electron chi connectivity index (χ1n) is 9.85. The number of rotatable bonds is 6. The van der Waals surface area contributed by atoms with Gasteiger partial charge in [-0.25, -0.2) is 9.78 Å². The molecule has 0 saturated heterocycles. The van der Waals surface area contributed by atoms with Crippen molar-refractivity contribution in [3.8, 4) is 0 Å². The van der Waals surface area contributed by atoms with E-state index in [9.17, 15) is 14.4 Å². The summed E-state index contributed by atoms with van der Waals surface area (Å²) in [5, 5.41) is 2.79. The third-order valence-corrected chi connectivity index (χ3v) is 4.97. The minimum Gasteiger partial charge on any atom is -0.462 e. The zero-order chi connectivity index (χ0) is 21.8. The van der Waals surface area contributed by atoms with Gasteiger partial charge in [0.2, 0.25) is 5.91 Å². The third kappa shape index (κ3) is 4.56. The van der Waals surface area contributed by atoms with Crippen LogP contribution in [0.4, 0.5) is 5.69 Å². The van der Waals surface area contributed by atoms with Crippen molar-refractivity contribution in [3.63, 3.8) is 0 Å². The van der Waals surface area contributed by atoms with Gasteiger partial charge in [0.05, 0.1) is 23.2 Å². The van der Waals surface area contributed by atoms with Crippen molar-refractivity contribution in [3.05, 3.63) is 69.1 Å². The van der Waals surface area contributed by atoms with Crippen LogP contribution in [0.25, 0.3) is 11.0 Å². The summed E-state index contributed by atoms with van der Waals surface area (Å²) >= 11 is 0. The Morgan fingerprint density at radius 3 is 2.40 bits per heavy atom. The molecule has 7 heteroatoms. The molecule has 0 aliphatic carbocycles. The highest BCUT2D eigenvalue weighted by Crippen LogP contribution is 2.17. The summed E-state index contributed by atoms with van der Waals surface area (Å²) in [7, 11) is 0. The van der Waals surface area contributed by atoms with Crippen LogP contribution in [-0.2, 0) is 16.1 Å². The van der Waals surface area contributed by atoms with Gasteiger partial charge in [-0.05, 0) is 75.2 Å². The lowest BCUT2D eigenvalue weighted by molar-refractivity contribution is -0.116. The van der Waals surface area contributed by atoms with Gasteiger partial charge in [0.1, 0.15) is 5.69 Å². The van der Waals surface area contributed by atoms with Gasteiger partial charge in [0.25, 0.3) is 5.56 Å². The van der Waals surface area contributed by atoms with Gasteiger partial charge in [-0.15, -0.1) is 0 Å². The number of amides is 1. The molecule has 7 nitrogen and oxygen atoms in total. The van der Waals surface area contributed by atoms with Crippen LogP contribution >= 0.6 is 0 Å². The summed E-state index contributed by atoms with van der Waals surface area (Å²) < 4.78 is 6.55. The fraction of sp³-hybridized carbons (Fsp3) is 0.304. The zero-order valence-electron chi connectivity index (χ0n) is 17.6. The Kier molecular flexibility index (Phi) is 6.30. The second-order valence-corrected chi connectivity index (χ2v) is 7.18. The van der Waals surface area contributed by atoms with Crippen LogP contribution in [-0.4, -0.2) is 28.0 Å². The van der Waals surface area contributed by atoms with Crippen LogP contribution in [0.1, 0.15) is 40.5 Å². The van der Waals surface area contributed by atoms with E-state index in [-0.39, 0.29) is 24.4 Å². The first kappa shape index (κ1) is 21.2. The fourth-order valence-electron chi connectivity index (χ4n) is 3.19. The van der Waals surface area contributed by atoms with E-state index in [2.05, 4.69) is 10.3 Å². The van der Waals surface area contributed by atoms with Crippen molar-refractivity contribution in [2.45, 2.75) is 40.7 Å². The van der Waals surface area contributed by atoms with Gasteiger partial charge in [0, 0.05) is 18.7 Å². The zero-order valence-corrected chi connectivity index (χ0v) is 17.6. The maximum absolute atomic E-state index is 12.6. The lowest BCUT2D eigenvalue weighted by Gasteiger charge is -2.13. The van der Waals surface area contributed by atoms with Crippen LogP contribution in [0.15, 0.2) is 41.2 Å². The molecule has 1 N–H and O–H groups in total. The summed E-state index contributed by atoms with van der Waals surface area (Å²) in [5.41, 5.74) is 4.83. The summed E-state index contributed by atoms with van der Waals surface area (Å²) in [6, 6.07) is 10.4. The average Bonchev–Trinajstić information content (AvgIpc) is 2.71. The number of hydrogen-bond donors (Lipinski definition) is 1. The molecule has 1 amide bonds. The molecule has 0 saturated carbocycles. The molecule has 3 rings (SSSR count). The molecule has 0 bridgehead atoms. The van der Waals surface area contributed by atoms with Crippen molar-refractivity contribution in [1.82, 2.24) is 9.55 Å². The number of carbonyl (C=O) groups excluding carboxylic acids is 2. The maximum atomic E-state index is 12.6. The molecule has 0 atom stereocenters. The number of anilines is 1. The summed E-state index contributed by atoms with van der Waals surface area (Å²) in [4.78, 5) is 41.2. The smallest absolute Gasteiger partial charge is 0.338 e. The minimum atomic E-state index is -0.403. The number of hydrogen-bond acceptors (Lipinski definition) is 5. The largest absolute Gasteiger partial charge is 0.462 e. The predicted molar refractivity (Wildman–Crippen MR) is 116 cm³/mol. The van der Waals surface area contributed by atoms with E-state index < -0.39 is 5.97 Å². The lowest BCUT2D eigenvalue weighted by atomic mass is 10.1. The van der Waals surface area contributed by atoms with Crippen LogP contribution in [0.5, 0.6) is 0 Å². The Morgan fingerprint density at radius 2 is 1.73 bits per heavy atom. The van der Waals surface area contributed by atoms with Crippen LogP contribution in [0.3, 0.4) is 0 Å². The van der Waals surface area contributed by atoms with Crippen molar-refractivity contribution in [2.75, 3.05) is 11.9 Å². The number of fused-ring (bicyclic) bond motifs is 1. The minimum absolute atomic E-state index is 0.130. The SMILES string of the molecule is CCOC(=O)c1ccc(NC(=O)CCn2c(=O)c(C)nc3cc(C)c(C)cc32)cc1. The van der Waals surface area contributed by atoms with Crippen LogP contribution < -0.4 is 10.9 Å². The van der Waals surface area contributed by atoms with E-state index in [1.807, 2.05) is 26.0 Å². The molecule has 0 aliphatic rings. The molecule has 1 heterocycles. The molecular formula is C23H25N3O4. The van der Waals surface area contributed by atoms with Crippen LogP contribution in [0, 0.1) is 20.8 Å². The molecule has 156 valence electrons. The molecule has 0 spiro atoms. The monoisotopic (exact) mass is 407 g/mol. The van der Waals surface area contributed by atoms with E-state index >= 15 is 0 Å². The Balaban J connectivity index is 1.74. The van der Waals surface area contributed by atoms with E-state index in [0.29, 0.717) is 23.6 Å². The number of carbonyl (C=O) groups is 2. The second kappa shape index (κ2) is 8.90. The van der Waals surface area contributed by atoms with E-state index in [4.69, 9.17) is 4.74 Å². The average molecular weight is 407 g/mol. The maximum Gasteiger partial charge on any atom is 0.338 e. The number of nitrogens with zero attached hydrogens (tertiary/aromatic N) is 2. The molecular weight excluding hydrogens is 382 g/mol. The van der Waals surface area contributed by atoms with E-state index in [1.165, 1.54) is 0 Å². The highest BCUT2D eigenvalue weighted by Gasteiger charge is 2.12. The molecule has 2 aromatic carbocycles. The highest BCUT2D eigenvalue weighted by molar-refractivity contribution is 5.93. The Bertz CT molecular complexity index is 1160. The van der Waals surface area contributed by atoms with Crippen molar-refractivity contribution < 1.29 is 14.3 Å². The van der Waals surface area contributed by atoms with Gasteiger partial charge >= 0.3 is 5.97 Å². The van der Waals surface area contributed by atoms with E-state index in [1.54, 1.807) is 42.7 Å². The molecule has 0 aliphatic heterocycles. The number of nitrogens with one attached hydrogen (secondary N) is 1. The van der Waals surface area contributed by atoms with Gasteiger partial charge in [-0.2, -0.15) is 0 Å². The second-order valence-electron chi connectivity index (χ2n) is 7.18. The quantitative estimate of drug-likeness (QED) is 0.632. The first-order chi connectivity index (χ1) is 14.3. The van der Waals surface area contributed by atoms with Gasteiger partial charge in [-0.1, -0.05) is 0 Å². The molecule has 0 radical (unpaired) electrons. The van der Waals surface area contributed by atoms with Crippen LogP contribution in [0.2, 0.25) is 0 Å². The number of aromatic nitrogens is 2. The van der Waals surface area contributed by atoms with Crippen molar-refractivity contribution in [2.24, 2.45) is 0 Å². The summed E-state index contributed by atoms with van der Waals surface area (Å²) in [6.07, 6.45) is 0.130. The number of esters is 1. The molecule has 30 heavy (non-hydrogen) atoms. The molecule has 3 aromatic rings. The van der Waals surface area contributed by atoms with Crippen molar-refractivity contribution >= 4 is 28.6 Å². The summed E-state index contributed by atoms with van der Waals surface area (Å²) in [6.45, 7) is 7.96. The normalized spacial score (nSPS) is 10.8. The number of aryl methyl sites for hydroxylation is 4. The van der Waals surface area contributed by atoms with Crippen molar-refractivity contribution in [1.29, 1.82) is 0 Å². The summed E-state index contributed by atoms with van der Waals surface area (Å²) in [5.74, 6) is -0.627. The van der Waals surface area contributed by atoms with Gasteiger partial charge in [0.15, 0.2) is 0 Å². The number of ether oxygens (including phenoxy) is 1. The standard InChI is InChI=1S/C23H25N3O4/c1-5-30-23(29)17-6-8-18(9-7-17)25-21(27)10-11-26-20-13-15(3)14(2)12-19(20)24-16(4)22(26)28/h6-9,12-13H,5,10-11H2,1-4H3,(H,25,27). The molecule has 0 fully saturated rings. The highest BCUT2D eigenvalue weighted by atomic mass is 16.5. The Labute approximate surface area is 174 Å². The third-order valence-electron chi connectivity index (χ3n) is 4.97. The topological polar surface area (TPSA) is 90.3 Å². The Morgan fingerprint density at radius 1 is 1.07 bits per heavy atom. The molecule has 0 unspecified atom stereocenters. The Hall–Kier alpha value is -3.48. The lowest BCUT2D eigenvalue weighted by Crippen LogP contribution is -2.26. The molecule has 1 aromatic heterocycles. The van der Waals surface area contributed by atoms with Gasteiger partial charge in [-0.3, -0.25) is 9.59 Å². The van der Waals surface area contributed by atoms with Gasteiger partial charge < -0.3 is 14.6 Å². The number of benzene rings is 2. The fourth-order valence-corrected chi connectivity index (χ4v) is 3.19.